The van der Waals surface area contributed by atoms with Crippen LogP contribution < -0.4 is 5.32 Å². The number of anilines is 1. The van der Waals surface area contributed by atoms with E-state index in [1.54, 1.807) is 0 Å². The van der Waals surface area contributed by atoms with Gasteiger partial charge in [0, 0.05) is 24.3 Å². The third-order valence-corrected chi connectivity index (χ3v) is 4.08. The van der Waals surface area contributed by atoms with Gasteiger partial charge in [0.15, 0.2) is 0 Å². The predicted octanol–water partition coefficient (Wildman–Crippen LogP) is 4.38. The summed E-state index contributed by atoms with van der Waals surface area (Å²) >= 11 is 0. The van der Waals surface area contributed by atoms with Crippen LogP contribution in [0.15, 0.2) is 24.3 Å². The molecule has 2 nitrogen and oxygen atoms in total. The molecule has 1 aromatic rings. The molecule has 118 valence electrons. The minimum Gasteiger partial charge on any atom is -0.382 e. The Bertz CT molecular complexity index is 440. The van der Waals surface area contributed by atoms with Crippen LogP contribution in [0.1, 0.15) is 38.7 Å². The molecule has 0 aromatic heterocycles. The molecule has 1 aromatic carbocycles. The molecule has 5 heteroatoms. The van der Waals surface area contributed by atoms with Crippen molar-refractivity contribution in [1.82, 2.24) is 4.90 Å². The van der Waals surface area contributed by atoms with Gasteiger partial charge < -0.3 is 10.2 Å². The largest absolute Gasteiger partial charge is 0.416 e. The van der Waals surface area contributed by atoms with Crippen LogP contribution in [0.25, 0.3) is 0 Å². The van der Waals surface area contributed by atoms with Gasteiger partial charge in [-0.1, -0.05) is 0 Å². The minimum absolute atomic E-state index is 0.338. The van der Waals surface area contributed by atoms with Gasteiger partial charge in [-0.25, -0.2) is 0 Å². The molecule has 1 unspecified atom stereocenters. The van der Waals surface area contributed by atoms with Crippen molar-refractivity contribution < 1.29 is 13.2 Å². The number of likely N-dealkylation sites (tertiary alicyclic amines) is 1. The Hall–Kier alpha value is -1.23. The molecule has 0 aliphatic carbocycles. The number of halogens is 3. The first-order valence-corrected chi connectivity index (χ1v) is 7.54. The van der Waals surface area contributed by atoms with Crippen molar-refractivity contribution >= 4 is 5.69 Å². The van der Waals surface area contributed by atoms with E-state index in [4.69, 9.17) is 0 Å². The number of nitrogens with one attached hydrogen (secondary N) is 1. The lowest BCUT2D eigenvalue weighted by Gasteiger charge is -2.24. The fraction of sp³-hybridized carbons (Fsp3) is 0.625. The number of hydrogen-bond donors (Lipinski definition) is 1. The Labute approximate surface area is 124 Å². The Morgan fingerprint density at radius 1 is 1.10 bits per heavy atom. The summed E-state index contributed by atoms with van der Waals surface area (Å²) in [4.78, 5) is 2.45. The summed E-state index contributed by atoms with van der Waals surface area (Å²) in [5, 5.41) is 3.36. The van der Waals surface area contributed by atoms with Crippen molar-refractivity contribution in [3.05, 3.63) is 29.8 Å². The zero-order valence-electron chi connectivity index (χ0n) is 12.6. The lowest BCUT2D eigenvalue weighted by atomic mass is 10.1. The maximum atomic E-state index is 12.5. The lowest BCUT2D eigenvalue weighted by molar-refractivity contribution is -0.137. The van der Waals surface area contributed by atoms with Gasteiger partial charge in [-0.3, -0.25) is 0 Å². The molecular weight excluding hydrogens is 277 g/mol. The molecule has 1 aliphatic rings. The van der Waals surface area contributed by atoms with Gasteiger partial charge in [-0.15, -0.1) is 0 Å². The molecule has 1 heterocycles. The van der Waals surface area contributed by atoms with E-state index in [1.165, 1.54) is 12.1 Å². The smallest absolute Gasteiger partial charge is 0.382 e. The molecule has 0 bridgehead atoms. The van der Waals surface area contributed by atoms with Crippen LogP contribution in [0.4, 0.5) is 18.9 Å². The van der Waals surface area contributed by atoms with Crippen molar-refractivity contribution in [2.45, 2.75) is 51.4 Å². The van der Waals surface area contributed by atoms with Crippen LogP contribution >= 0.6 is 0 Å². The monoisotopic (exact) mass is 300 g/mol. The summed E-state index contributed by atoms with van der Waals surface area (Å²) < 4.78 is 37.6. The average molecular weight is 300 g/mol. The van der Waals surface area contributed by atoms with Crippen molar-refractivity contribution in [2.24, 2.45) is 0 Å². The van der Waals surface area contributed by atoms with Crippen LogP contribution in [0, 0.1) is 0 Å². The second-order valence-electron chi connectivity index (χ2n) is 5.98. The molecule has 1 N–H and O–H groups in total. The molecule has 0 saturated carbocycles. The summed E-state index contributed by atoms with van der Waals surface area (Å²) in [7, 11) is 0. The van der Waals surface area contributed by atoms with Gasteiger partial charge in [0.25, 0.3) is 0 Å². The lowest BCUT2D eigenvalue weighted by Crippen LogP contribution is -2.32. The van der Waals surface area contributed by atoms with Gasteiger partial charge in [0.2, 0.25) is 0 Å². The van der Waals surface area contributed by atoms with E-state index in [0.29, 0.717) is 12.1 Å². The molecule has 1 fully saturated rings. The number of nitrogens with zero attached hydrogens (tertiary/aromatic N) is 1. The number of rotatable bonds is 3. The normalized spacial score (nSPS) is 21.3. The van der Waals surface area contributed by atoms with Crippen LogP contribution in [-0.2, 0) is 6.18 Å². The third-order valence-electron chi connectivity index (χ3n) is 4.08. The first-order valence-electron chi connectivity index (χ1n) is 7.54. The minimum atomic E-state index is -4.27. The van der Waals surface area contributed by atoms with E-state index < -0.39 is 11.7 Å². The molecule has 21 heavy (non-hydrogen) atoms. The van der Waals surface area contributed by atoms with E-state index >= 15 is 0 Å². The quantitative estimate of drug-likeness (QED) is 0.891. The fourth-order valence-corrected chi connectivity index (χ4v) is 2.77. The third kappa shape index (κ3) is 4.63. The van der Waals surface area contributed by atoms with Gasteiger partial charge in [0.1, 0.15) is 0 Å². The Balaban J connectivity index is 1.93. The highest BCUT2D eigenvalue weighted by molar-refractivity contribution is 5.46. The van der Waals surface area contributed by atoms with E-state index in [1.807, 2.05) is 0 Å². The van der Waals surface area contributed by atoms with E-state index in [-0.39, 0.29) is 0 Å². The highest BCUT2D eigenvalue weighted by Gasteiger charge is 2.30. The van der Waals surface area contributed by atoms with Gasteiger partial charge in [-0.2, -0.15) is 13.2 Å². The van der Waals surface area contributed by atoms with Crippen LogP contribution in [0.2, 0.25) is 0 Å². The summed E-state index contributed by atoms with van der Waals surface area (Å²) in [6.45, 7) is 6.53. The molecular formula is C16H23F3N2. The fourth-order valence-electron chi connectivity index (χ4n) is 2.77. The summed E-state index contributed by atoms with van der Waals surface area (Å²) in [6.07, 6.45) is -1.06. The van der Waals surface area contributed by atoms with E-state index in [9.17, 15) is 13.2 Å². The summed E-state index contributed by atoms with van der Waals surface area (Å²) in [5.41, 5.74) is 0.172. The number of alkyl halides is 3. The Morgan fingerprint density at radius 3 is 2.33 bits per heavy atom. The van der Waals surface area contributed by atoms with Gasteiger partial charge >= 0.3 is 6.18 Å². The topological polar surface area (TPSA) is 15.3 Å². The van der Waals surface area contributed by atoms with Crippen molar-refractivity contribution in [2.75, 3.05) is 18.4 Å². The first-order chi connectivity index (χ1) is 9.86. The van der Waals surface area contributed by atoms with Crippen LogP contribution in [0.5, 0.6) is 0 Å². The molecule has 1 saturated heterocycles. The van der Waals surface area contributed by atoms with Gasteiger partial charge in [-0.05, 0) is 63.9 Å². The Morgan fingerprint density at radius 2 is 1.76 bits per heavy atom. The van der Waals surface area contributed by atoms with Crippen molar-refractivity contribution in [1.29, 1.82) is 0 Å². The predicted molar refractivity (Wildman–Crippen MR) is 79.4 cm³/mol. The van der Waals surface area contributed by atoms with Crippen molar-refractivity contribution in [3.63, 3.8) is 0 Å². The molecule has 0 amide bonds. The molecule has 1 aliphatic heterocycles. The first kappa shape index (κ1) is 16.1. The molecule has 1 atom stereocenters. The van der Waals surface area contributed by atoms with Crippen LogP contribution in [-0.4, -0.2) is 30.1 Å². The van der Waals surface area contributed by atoms with Crippen molar-refractivity contribution in [3.8, 4) is 0 Å². The molecule has 0 spiro atoms. The maximum Gasteiger partial charge on any atom is 0.416 e. The highest BCUT2D eigenvalue weighted by Crippen LogP contribution is 2.30. The highest BCUT2D eigenvalue weighted by atomic mass is 19.4. The average Bonchev–Trinajstić information content (AvgIpc) is 2.64. The zero-order valence-corrected chi connectivity index (χ0v) is 12.6. The molecule has 2 rings (SSSR count). The maximum absolute atomic E-state index is 12.5. The standard InChI is InChI=1S/C16H23F3N2/c1-12(2)21-10-3-4-14(9-11-21)20-15-7-5-13(6-8-15)16(17,18)19/h5-8,12,14,20H,3-4,9-11H2,1-2H3. The van der Waals surface area contributed by atoms with Crippen LogP contribution in [0.3, 0.4) is 0 Å². The second kappa shape index (κ2) is 6.69. The van der Waals surface area contributed by atoms with E-state index in [2.05, 4.69) is 24.1 Å². The summed E-state index contributed by atoms with van der Waals surface area (Å²) in [6, 6.07) is 6.21. The zero-order chi connectivity index (χ0) is 15.5. The number of hydrogen-bond acceptors (Lipinski definition) is 2. The number of benzene rings is 1. The molecule has 0 radical (unpaired) electrons. The second-order valence-corrected chi connectivity index (χ2v) is 5.98. The summed E-state index contributed by atoms with van der Waals surface area (Å²) in [5.74, 6) is 0. The SMILES string of the molecule is CC(C)N1CCCC(Nc2ccc(C(F)(F)F)cc2)CC1. The van der Waals surface area contributed by atoms with E-state index in [0.717, 1.165) is 50.2 Å². The Kier molecular flexibility index (Phi) is 5.14. The van der Waals surface area contributed by atoms with Gasteiger partial charge in [0.05, 0.1) is 5.56 Å².